The Bertz CT molecular complexity index is 2200. The number of carbonyl (C=O) groups is 1. The second-order valence-corrected chi connectivity index (χ2v) is 16.9. The monoisotopic (exact) mass is 793 g/mol. The van der Waals surface area contributed by atoms with E-state index in [1.54, 1.807) is 43.1 Å². The number of rotatable bonds is 16. The summed E-state index contributed by atoms with van der Waals surface area (Å²) in [6.45, 7) is 2.19. The molecule has 1 saturated heterocycles. The number of carbonyl (C=O) groups excluding carboxylic acids is 1. The summed E-state index contributed by atoms with van der Waals surface area (Å²) in [6.07, 6.45) is 2.23. The van der Waals surface area contributed by atoms with Crippen LogP contribution in [0, 0.1) is 10.1 Å². The van der Waals surface area contributed by atoms with Crippen molar-refractivity contribution in [3.8, 4) is 11.1 Å². The molecule has 13 heteroatoms. The molecule has 6 rings (SSSR count). The average molecular weight is 794 g/mol. The van der Waals surface area contributed by atoms with Crippen molar-refractivity contribution in [3.05, 3.63) is 149 Å². The number of anilines is 2. The van der Waals surface area contributed by atoms with Crippen LogP contribution < -0.4 is 14.9 Å². The molecule has 292 valence electrons. The van der Waals surface area contributed by atoms with Gasteiger partial charge in [-0.3, -0.25) is 14.9 Å². The molecule has 5 aromatic rings. The zero-order valence-corrected chi connectivity index (χ0v) is 33.4. The van der Waals surface area contributed by atoms with Gasteiger partial charge in [0.05, 0.1) is 15.4 Å². The third kappa shape index (κ3) is 9.96. The molecular formula is C43H47N5O6S2. The molecule has 0 radical (unpaired) electrons. The minimum Gasteiger partial charge on any atom is -0.376 e. The van der Waals surface area contributed by atoms with E-state index in [0.29, 0.717) is 12.2 Å². The summed E-state index contributed by atoms with van der Waals surface area (Å²) in [6, 6.07) is 38.9. The van der Waals surface area contributed by atoms with Gasteiger partial charge in [0.1, 0.15) is 5.69 Å². The number of hydrogen-bond acceptors (Lipinski definition) is 10. The van der Waals surface area contributed by atoms with Crippen LogP contribution in [0.3, 0.4) is 0 Å². The Hall–Kier alpha value is -5.21. The molecule has 1 aliphatic rings. The lowest BCUT2D eigenvalue weighted by molar-refractivity contribution is -0.384. The first-order valence-corrected chi connectivity index (χ1v) is 20.9. The molecule has 56 heavy (non-hydrogen) atoms. The fraction of sp³-hybridized carbons (Fsp3) is 0.279. The van der Waals surface area contributed by atoms with Gasteiger partial charge in [0, 0.05) is 54.2 Å². The highest BCUT2D eigenvalue weighted by Gasteiger charge is 2.36. The highest BCUT2D eigenvalue weighted by molar-refractivity contribution is 7.99. The Morgan fingerprint density at radius 2 is 1.52 bits per heavy atom. The fourth-order valence-electron chi connectivity index (χ4n) is 6.89. The zero-order valence-electron chi connectivity index (χ0n) is 31.8. The van der Waals surface area contributed by atoms with E-state index in [9.17, 15) is 23.3 Å². The second-order valence-electron chi connectivity index (χ2n) is 14.1. The number of amides is 1. The highest BCUT2D eigenvalue weighted by atomic mass is 32.2. The maximum Gasteiger partial charge on any atom is 0.293 e. The largest absolute Gasteiger partial charge is 0.376 e. The molecule has 0 saturated carbocycles. The van der Waals surface area contributed by atoms with Gasteiger partial charge in [-0.15, -0.1) is 11.8 Å². The lowest BCUT2D eigenvalue weighted by atomic mass is 9.83. The van der Waals surface area contributed by atoms with Crippen LogP contribution in [0.2, 0.25) is 0 Å². The molecule has 0 spiro atoms. The second kappa shape index (κ2) is 18.2. The molecule has 5 aromatic carbocycles. The smallest absolute Gasteiger partial charge is 0.293 e. The number of nitrogens with zero attached hydrogens (tertiary/aromatic N) is 3. The van der Waals surface area contributed by atoms with Crippen LogP contribution >= 0.6 is 11.8 Å². The van der Waals surface area contributed by atoms with E-state index in [0.717, 1.165) is 65.8 Å². The molecular weight excluding hydrogens is 747 g/mol. The summed E-state index contributed by atoms with van der Waals surface area (Å²) in [5, 5.41) is 15.5. The number of ether oxygens (including phenoxy) is 1. The van der Waals surface area contributed by atoms with Gasteiger partial charge >= 0.3 is 0 Å². The van der Waals surface area contributed by atoms with E-state index in [-0.39, 0.29) is 22.2 Å². The van der Waals surface area contributed by atoms with Crippen LogP contribution in [0.25, 0.3) is 11.1 Å². The molecule has 1 heterocycles. The van der Waals surface area contributed by atoms with Crippen molar-refractivity contribution in [2.75, 3.05) is 56.8 Å². The Kier molecular flexibility index (Phi) is 13.1. The van der Waals surface area contributed by atoms with E-state index in [1.165, 1.54) is 12.1 Å². The van der Waals surface area contributed by atoms with Crippen molar-refractivity contribution in [1.82, 2.24) is 9.62 Å². The summed E-state index contributed by atoms with van der Waals surface area (Å²) in [5.41, 5.74) is 3.88. The zero-order chi connectivity index (χ0) is 39.7. The van der Waals surface area contributed by atoms with Gasteiger partial charge in [-0.25, -0.2) is 13.1 Å². The predicted octanol–water partition coefficient (Wildman–Crippen LogP) is 8.05. The molecule has 0 aromatic heterocycles. The number of hydrogen-bond donors (Lipinski definition) is 2. The molecule has 1 fully saturated rings. The normalized spacial score (nSPS) is 14.6. The Morgan fingerprint density at radius 1 is 0.893 bits per heavy atom. The Morgan fingerprint density at radius 3 is 2.12 bits per heavy atom. The van der Waals surface area contributed by atoms with Gasteiger partial charge in [-0.1, -0.05) is 72.8 Å². The maximum atomic E-state index is 13.4. The SMILES string of the molecule is COC1(c2ccc(-c3ccccc3)cc2)CCN(c2ccc(C(=O)NS(=O)(=O)c3ccc(N[C@H](CCN(C)C)CSc4ccccc4)c([N+](=O)[O-])c3)cc2)CC1. The van der Waals surface area contributed by atoms with Crippen molar-refractivity contribution < 1.29 is 22.9 Å². The van der Waals surface area contributed by atoms with Crippen LogP contribution in [-0.4, -0.2) is 76.8 Å². The molecule has 0 bridgehead atoms. The van der Waals surface area contributed by atoms with Gasteiger partial charge in [0.25, 0.3) is 21.6 Å². The van der Waals surface area contributed by atoms with Gasteiger partial charge in [-0.05, 0) is 105 Å². The summed E-state index contributed by atoms with van der Waals surface area (Å²) < 4.78 is 35.0. The number of benzene rings is 5. The molecule has 1 atom stereocenters. The van der Waals surface area contributed by atoms with Crippen LogP contribution in [0.4, 0.5) is 17.1 Å². The molecule has 0 unspecified atom stereocenters. The van der Waals surface area contributed by atoms with Crippen molar-refractivity contribution in [3.63, 3.8) is 0 Å². The Balaban J connectivity index is 1.08. The summed E-state index contributed by atoms with van der Waals surface area (Å²) >= 11 is 1.63. The van der Waals surface area contributed by atoms with E-state index < -0.39 is 32.1 Å². The van der Waals surface area contributed by atoms with Crippen LogP contribution in [0.1, 0.15) is 35.2 Å². The first-order chi connectivity index (χ1) is 27.0. The number of methoxy groups -OCH3 is 1. The topological polar surface area (TPSA) is 134 Å². The standard InChI is InChI=1S/C43H47N5O6S2/c1-46(2)27-24-36(31-55-38-12-8-5-9-13-38)44-40-23-22-39(30-41(40)48(50)51)56(52,53)45-42(49)34-16-20-37(21-17-34)47-28-25-43(54-3,26-29-47)35-18-14-33(15-19-35)32-10-6-4-7-11-32/h4-23,30,36,44H,24-29,31H2,1-3H3,(H,45,49)/t36-/m1/s1. The number of nitro groups is 1. The van der Waals surface area contributed by atoms with Crippen molar-refractivity contribution in [1.29, 1.82) is 0 Å². The number of nitrogens with one attached hydrogen (secondary N) is 2. The van der Waals surface area contributed by atoms with E-state index in [2.05, 4.69) is 51.3 Å². The summed E-state index contributed by atoms with van der Waals surface area (Å²) in [7, 11) is 1.23. The van der Waals surface area contributed by atoms with Gasteiger partial charge < -0.3 is 19.9 Å². The lowest BCUT2D eigenvalue weighted by Crippen LogP contribution is -2.43. The highest BCUT2D eigenvalue weighted by Crippen LogP contribution is 2.38. The summed E-state index contributed by atoms with van der Waals surface area (Å²) in [5.74, 6) is -0.196. The lowest BCUT2D eigenvalue weighted by Gasteiger charge is -2.42. The van der Waals surface area contributed by atoms with Crippen LogP contribution in [0.5, 0.6) is 0 Å². The number of thioether (sulfide) groups is 1. The van der Waals surface area contributed by atoms with E-state index in [1.807, 2.05) is 67.5 Å². The van der Waals surface area contributed by atoms with Crippen molar-refractivity contribution in [2.24, 2.45) is 0 Å². The van der Waals surface area contributed by atoms with Crippen LogP contribution in [-0.2, 0) is 20.4 Å². The fourth-order valence-corrected chi connectivity index (χ4v) is 8.88. The third-order valence-electron chi connectivity index (χ3n) is 10.2. The molecule has 11 nitrogen and oxygen atoms in total. The van der Waals surface area contributed by atoms with Crippen molar-refractivity contribution in [2.45, 2.75) is 40.7 Å². The first-order valence-electron chi connectivity index (χ1n) is 18.5. The maximum absolute atomic E-state index is 13.4. The minimum absolute atomic E-state index is 0.142. The average Bonchev–Trinajstić information content (AvgIpc) is 3.22. The molecule has 1 aliphatic heterocycles. The molecule has 1 amide bonds. The molecule has 2 N–H and O–H groups in total. The number of piperidine rings is 1. The predicted molar refractivity (Wildman–Crippen MR) is 224 cm³/mol. The van der Waals surface area contributed by atoms with Gasteiger partial charge in [0.15, 0.2) is 0 Å². The van der Waals surface area contributed by atoms with E-state index >= 15 is 0 Å². The van der Waals surface area contributed by atoms with Crippen LogP contribution in [0.15, 0.2) is 137 Å². The Labute approximate surface area is 333 Å². The van der Waals surface area contributed by atoms with E-state index in [4.69, 9.17) is 4.74 Å². The van der Waals surface area contributed by atoms with Gasteiger partial charge in [-0.2, -0.15) is 0 Å². The van der Waals surface area contributed by atoms with Crippen molar-refractivity contribution >= 4 is 44.8 Å². The number of sulfonamides is 1. The minimum atomic E-state index is -4.43. The summed E-state index contributed by atoms with van der Waals surface area (Å²) in [4.78, 5) is 29.7. The third-order valence-corrected chi connectivity index (χ3v) is 12.7. The quantitative estimate of drug-likeness (QED) is 0.0575. The first kappa shape index (κ1) is 40.5. The van der Waals surface area contributed by atoms with Gasteiger partial charge in [0.2, 0.25) is 0 Å². The number of nitro benzene ring substituents is 1. The molecule has 0 aliphatic carbocycles.